The molecule has 0 aromatic rings. The topological polar surface area (TPSA) is 61.4 Å². The van der Waals surface area contributed by atoms with Gasteiger partial charge in [-0.3, -0.25) is 0 Å². The van der Waals surface area contributed by atoms with Crippen LogP contribution in [-0.4, -0.2) is 43.9 Å². The van der Waals surface area contributed by atoms with E-state index in [1.54, 1.807) is 4.31 Å². The van der Waals surface area contributed by atoms with E-state index in [1.807, 2.05) is 0 Å². The van der Waals surface area contributed by atoms with Crippen LogP contribution in [0.15, 0.2) is 0 Å². The van der Waals surface area contributed by atoms with Gasteiger partial charge in [0.15, 0.2) is 0 Å². The Morgan fingerprint density at radius 3 is 2.63 bits per heavy atom. The highest BCUT2D eigenvalue weighted by Crippen LogP contribution is 2.38. The van der Waals surface area contributed by atoms with Crippen LogP contribution in [0, 0.1) is 5.92 Å². The van der Waals surface area contributed by atoms with E-state index in [4.69, 9.17) is 0 Å². The third-order valence-corrected chi connectivity index (χ3v) is 6.40. The summed E-state index contributed by atoms with van der Waals surface area (Å²) in [5.41, 5.74) is 0. The first kappa shape index (κ1) is 15.5. The summed E-state index contributed by atoms with van der Waals surface area (Å²) in [6, 6.07) is 0.538. The van der Waals surface area contributed by atoms with Crippen molar-refractivity contribution in [3.8, 4) is 0 Å². The maximum absolute atomic E-state index is 12.4. The summed E-state index contributed by atoms with van der Waals surface area (Å²) >= 11 is 0. The molecule has 0 aromatic heterocycles. The van der Waals surface area contributed by atoms with Crippen LogP contribution in [0.25, 0.3) is 0 Å². The van der Waals surface area contributed by atoms with E-state index >= 15 is 0 Å². The van der Waals surface area contributed by atoms with E-state index in [0.717, 1.165) is 38.8 Å². The molecule has 2 aliphatic heterocycles. The fourth-order valence-corrected chi connectivity index (χ4v) is 5.47. The Morgan fingerprint density at radius 2 is 2.05 bits per heavy atom. The molecule has 3 fully saturated rings. The predicted octanol–water partition coefficient (Wildman–Crippen LogP) is 0.867. The Labute approximate surface area is 122 Å². The SMILES string of the molecule is CC1NCCCC1NS(=O)(=O)N1CC2CCC1C2.Cl. The van der Waals surface area contributed by atoms with E-state index in [1.165, 1.54) is 6.42 Å². The van der Waals surface area contributed by atoms with E-state index < -0.39 is 10.2 Å². The Kier molecular flexibility index (Phi) is 4.78. The molecule has 4 unspecified atom stereocenters. The van der Waals surface area contributed by atoms with Gasteiger partial charge in [0.2, 0.25) is 0 Å². The smallest absolute Gasteiger partial charge is 0.280 e. The molecule has 1 aliphatic carbocycles. The molecule has 4 atom stereocenters. The van der Waals surface area contributed by atoms with Gasteiger partial charge in [0, 0.05) is 24.7 Å². The second-order valence-corrected chi connectivity index (χ2v) is 7.67. The molecule has 0 amide bonds. The third kappa shape index (κ3) is 3.08. The van der Waals surface area contributed by atoms with Crippen molar-refractivity contribution in [1.29, 1.82) is 0 Å². The van der Waals surface area contributed by atoms with Crippen molar-refractivity contribution in [2.24, 2.45) is 5.92 Å². The zero-order valence-corrected chi connectivity index (χ0v) is 13.0. The van der Waals surface area contributed by atoms with Crippen molar-refractivity contribution in [2.45, 2.75) is 57.2 Å². The van der Waals surface area contributed by atoms with Crippen LogP contribution in [0.4, 0.5) is 0 Å². The van der Waals surface area contributed by atoms with Gasteiger partial charge in [0.1, 0.15) is 0 Å². The standard InChI is InChI=1S/C12H23N3O2S.ClH/c1-9-12(3-2-6-13-9)14-18(16,17)15-8-10-4-5-11(15)7-10;/h9-14H,2-8H2,1H3;1H. The first-order chi connectivity index (χ1) is 8.56. The average molecular weight is 310 g/mol. The van der Waals surface area contributed by atoms with Gasteiger partial charge in [0.25, 0.3) is 10.2 Å². The van der Waals surface area contributed by atoms with Gasteiger partial charge in [-0.25, -0.2) is 0 Å². The molecule has 0 radical (unpaired) electrons. The van der Waals surface area contributed by atoms with Crippen LogP contribution in [0.2, 0.25) is 0 Å². The Hall–Kier alpha value is 0.120. The Bertz CT molecular complexity index is 417. The number of nitrogens with one attached hydrogen (secondary N) is 2. The Morgan fingerprint density at radius 1 is 1.26 bits per heavy atom. The quantitative estimate of drug-likeness (QED) is 0.813. The van der Waals surface area contributed by atoms with Gasteiger partial charge < -0.3 is 5.32 Å². The number of hydrogen-bond donors (Lipinski definition) is 2. The first-order valence-electron chi connectivity index (χ1n) is 7.09. The van der Waals surface area contributed by atoms with E-state index in [-0.39, 0.29) is 30.5 Å². The van der Waals surface area contributed by atoms with Gasteiger partial charge in [-0.1, -0.05) is 0 Å². The van der Waals surface area contributed by atoms with Crippen LogP contribution < -0.4 is 10.0 Å². The lowest BCUT2D eigenvalue weighted by Crippen LogP contribution is -2.56. The second-order valence-electron chi connectivity index (χ2n) is 6.02. The number of piperidine rings is 2. The maximum atomic E-state index is 12.4. The van der Waals surface area contributed by atoms with Gasteiger partial charge in [0.05, 0.1) is 0 Å². The molecule has 1 saturated carbocycles. The van der Waals surface area contributed by atoms with Crippen molar-refractivity contribution in [3.05, 3.63) is 0 Å². The highest BCUT2D eigenvalue weighted by atomic mass is 35.5. The first-order valence-corrected chi connectivity index (χ1v) is 8.53. The molecule has 3 aliphatic rings. The summed E-state index contributed by atoms with van der Waals surface area (Å²) in [5.74, 6) is 0.605. The summed E-state index contributed by atoms with van der Waals surface area (Å²) in [6.45, 7) is 3.78. The number of rotatable bonds is 3. The normalized spacial score (nSPS) is 39.2. The molecular formula is C12H24ClN3O2S. The van der Waals surface area contributed by atoms with Gasteiger partial charge in [-0.2, -0.15) is 17.4 Å². The summed E-state index contributed by atoms with van der Waals surface area (Å²) < 4.78 is 29.5. The van der Waals surface area contributed by atoms with Crippen LogP contribution in [0.1, 0.15) is 39.0 Å². The minimum Gasteiger partial charge on any atom is -0.313 e. The number of hydrogen-bond acceptors (Lipinski definition) is 3. The monoisotopic (exact) mass is 309 g/mol. The zero-order chi connectivity index (χ0) is 12.8. The van der Waals surface area contributed by atoms with E-state index in [2.05, 4.69) is 17.0 Å². The molecule has 7 heteroatoms. The van der Waals surface area contributed by atoms with E-state index in [9.17, 15) is 8.42 Å². The summed E-state index contributed by atoms with van der Waals surface area (Å²) in [7, 11) is -3.28. The largest absolute Gasteiger partial charge is 0.313 e. The van der Waals surface area contributed by atoms with Crippen molar-refractivity contribution in [2.75, 3.05) is 13.1 Å². The molecule has 2 bridgehead atoms. The molecule has 5 nitrogen and oxygen atoms in total. The lowest BCUT2D eigenvalue weighted by Gasteiger charge is -2.33. The summed E-state index contributed by atoms with van der Waals surface area (Å²) in [4.78, 5) is 0. The third-order valence-electron chi connectivity index (χ3n) is 4.73. The lowest BCUT2D eigenvalue weighted by atomic mass is 10.0. The van der Waals surface area contributed by atoms with Crippen molar-refractivity contribution >= 4 is 22.6 Å². The number of nitrogens with zero attached hydrogens (tertiary/aromatic N) is 1. The van der Waals surface area contributed by atoms with E-state index in [0.29, 0.717) is 5.92 Å². The zero-order valence-electron chi connectivity index (χ0n) is 11.3. The van der Waals surface area contributed by atoms with Crippen molar-refractivity contribution < 1.29 is 8.42 Å². The van der Waals surface area contributed by atoms with Crippen molar-refractivity contribution in [3.63, 3.8) is 0 Å². The lowest BCUT2D eigenvalue weighted by molar-refractivity contribution is 0.306. The molecule has 3 rings (SSSR count). The van der Waals surface area contributed by atoms with Crippen molar-refractivity contribution in [1.82, 2.24) is 14.3 Å². The van der Waals surface area contributed by atoms with Crippen LogP contribution in [0.5, 0.6) is 0 Å². The summed E-state index contributed by atoms with van der Waals surface area (Å²) in [6.07, 6.45) is 5.31. The van der Waals surface area contributed by atoms with Crippen LogP contribution >= 0.6 is 12.4 Å². The maximum Gasteiger partial charge on any atom is 0.280 e. The number of halogens is 1. The molecule has 2 heterocycles. The van der Waals surface area contributed by atoms with Crippen LogP contribution in [-0.2, 0) is 10.2 Å². The highest BCUT2D eigenvalue weighted by molar-refractivity contribution is 7.87. The van der Waals surface area contributed by atoms with Gasteiger partial charge in [-0.15, -0.1) is 12.4 Å². The fraction of sp³-hybridized carbons (Fsp3) is 1.00. The average Bonchev–Trinajstić information content (AvgIpc) is 2.94. The van der Waals surface area contributed by atoms with Gasteiger partial charge in [-0.05, 0) is 51.5 Å². The Balaban J connectivity index is 0.00000133. The highest BCUT2D eigenvalue weighted by Gasteiger charge is 2.44. The molecular weight excluding hydrogens is 286 g/mol. The predicted molar refractivity (Wildman–Crippen MR) is 77.6 cm³/mol. The van der Waals surface area contributed by atoms with Crippen LogP contribution in [0.3, 0.4) is 0 Å². The number of fused-ring (bicyclic) bond motifs is 2. The minimum atomic E-state index is -3.28. The van der Waals surface area contributed by atoms with Gasteiger partial charge >= 0.3 is 0 Å². The fourth-order valence-electron chi connectivity index (χ4n) is 3.64. The molecule has 19 heavy (non-hydrogen) atoms. The molecule has 112 valence electrons. The molecule has 0 spiro atoms. The second kappa shape index (κ2) is 5.85. The molecule has 0 aromatic carbocycles. The minimum absolute atomic E-state index is 0. The molecule has 2 saturated heterocycles. The summed E-state index contributed by atoms with van der Waals surface area (Å²) in [5, 5.41) is 3.33. The molecule has 2 N–H and O–H groups in total.